The highest BCUT2D eigenvalue weighted by atomic mass is 16.5. The van der Waals surface area contributed by atoms with E-state index in [4.69, 9.17) is 5.73 Å². The van der Waals surface area contributed by atoms with Crippen LogP contribution in [0.4, 0.5) is 4.79 Å². The van der Waals surface area contributed by atoms with Crippen LogP contribution in [0.1, 0.15) is 20.3 Å². The molecule has 0 radical (unpaired) electrons. The Bertz CT molecular complexity index is 170. The van der Waals surface area contributed by atoms with Gasteiger partial charge in [-0.3, -0.25) is 4.79 Å². The lowest BCUT2D eigenvalue weighted by Gasteiger charge is -2.12. The Labute approximate surface area is 71.3 Å². The normalized spacial score (nSPS) is 11.8. The van der Waals surface area contributed by atoms with Crippen molar-refractivity contribution in [2.75, 3.05) is 6.61 Å². The second kappa shape index (κ2) is 5.40. The van der Waals surface area contributed by atoms with Crippen molar-refractivity contribution >= 4 is 12.0 Å². The minimum Gasteiger partial charge on any atom is -0.450 e. The fraction of sp³-hybridized carbons (Fsp3) is 0.714. The van der Waals surface area contributed by atoms with E-state index >= 15 is 0 Å². The lowest BCUT2D eigenvalue weighted by atomic mass is 10.2. The third kappa shape index (κ3) is 3.80. The van der Waals surface area contributed by atoms with Crippen LogP contribution in [-0.2, 0) is 9.53 Å². The molecule has 0 aromatic rings. The third-order valence-electron chi connectivity index (χ3n) is 1.32. The minimum atomic E-state index is -0.635. The first kappa shape index (κ1) is 10.7. The molecule has 0 rings (SSSR count). The van der Waals surface area contributed by atoms with Crippen LogP contribution >= 0.6 is 0 Å². The Hall–Kier alpha value is -1.26. The summed E-state index contributed by atoms with van der Waals surface area (Å²) in [5.74, 6) is -0.550. The molecular weight excluding hydrogens is 160 g/mol. The zero-order valence-corrected chi connectivity index (χ0v) is 7.29. The summed E-state index contributed by atoms with van der Waals surface area (Å²) in [4.78, 5) is 21.4. The van der Waals surface area contributed by atoms with Crippen LogP contribution in [-0.4, -0.2) is 24.6 Å². The molecule has 0 aliphatic heterocycles. The monoisotopic (exact) mass is 174 g/mol. The van der Waals surface area contributed by atoms with Crippen molar-refractivity contribution < 1.29 is 14.3 Å². The van der Waals surface area contributed by atoms with E-state index in [0.717, 1.165) is 0 Å². The van der Waals surface area contributed by atoms with Crippen LogP contribution in [0, 0.1) is 0 Å². The van der Waals surface area contributed by atoms with E-state index in [0.29, 0.717) is 6.42 Å². The Balaban J connectivity index is 3.85. The quantitative estimate of drug-likeness (QED) is 0.629. The van der Waals surface area contributed by atoms with Crippen molar-refractivity contribution in [1.29, 1.82) is 0 Å². The summed E-state index contributed by atoms with van der Waals surface area (Å²) in [6, 6.07) is -0.635. The van der Waals surface area contributed by atoms with Gasteiger partial charge in [0, 0.05) is 0 Å². The number of rotatable bonds is 4. The number of primary amides is 1. The fourth-order valence-corrected chi connectivity index (χ4v) is 0.689. The maximum atomic E-state index is 10.8. The number of carbonyl (C=O) groups is 2. The van der Waals surface area contributed by atoms with Crippen molar-refractivity contribution in [3.8, 4) is 0 Å². The second-order valence-electron chi connectivity index (χ2n) is 2.23. The first-order valence-corrected chi connectivity index (χ1v) is 3.84. The van der Waals surface area contributed by atoms with Gasteiger partial charge in [-0.05, 0) is 13.3 Å². The molecule has 5 nitrogen and oxygen atoms in total. The molecule has 0 bridgehead atoms. The zero-order chi connectivity index (χ0) is 9.56. The average Bonchev–Trinajstić information content (AvgIpc) is 2.00. The average molecular weight is 174 g/mol. The Morgan fingerprint density at radius 3 is 2.42 bits per heavy atom. The van der Waals surface area contributed by atoms with E-state index in [2.05, 4.69) is 10.1 Å². The molecule has 0 heterocycles. The highest BCUT2D eigenvalue weighted by molar-refractivity contribution is 5.84. The summed E-state index contributed by atoms with van der Waals surface area (Å²) in [6.45, 7) is 3.72. The van der Waals surface area contributed by atoms with Gasteiger partial charge in [0.2, 0.25) is 5.91 Å². The van der Waals surface area contributed by atoms with Crippen LogP contribution in [0.3, 0.4) is 0 Å². The number of hydrogen-bond acceptors (Lipinski definition) is 3. The SMILES string of the molecule is CCOC(=O)NC(CC)C(N)=O. The van der Waals surface area contributed by atoms with Crippen molar-refractivity contribution in [2.45, 2.75) is 26.3 Å². The molecule has 0 aromatic carbocycles. The van der Waals surface area contributed by atoms with Gasteiger partial charge in [0.05, 0.1) is 6.61 Å². The number of nitrogens with two attached hydrogens (primary N) is 1. The van der Waals surface area contributed by atoms with E-state index in [-0.39, 0.29) is 6.61 Å². The summed E-state index contributed by atoms with van der Waals surface area (Å²) >= 11 is 0. The van der Waals surface area contributed by atoms with E-state index in [9.17, 15) is 9.59 Å². The van der Waals surface area contributed by atoms with E-state index in [1.54, 1.807) is 13.8 Å². The molecule has 0 aliphatic rings. The molecule has 0 saturated heterocycles. The highest BCUT2D eigenvalue weighted by Gasteiger charge is 2.15. The summed E-state index contributed by atoms with van der Waals surface area (Å²) < 4.78 is 4.57. The van der Waals surface area contributed by atoms with Gasteiger partial charge in [-0.25, -0.2) is 4.79 Å². The van der Waals surface area contributed by atoms with Crippen LogP contribution in [0.2, 0.25) is 0 Å². The highest BCUT2D eigenvalue weighted by Crippen LogP contribution is 1.90. The fourth-order valence-electron chi connectivity index (χ4n) is 0.689. The molecule has 0 spiro atoms. The molecule has 12 heavy (non-hydrogen) atoms. The molecule has 2 amide bonds. The van der Waals surface area contributed by atoms with Crippen molar-refractivity contribution in [1.82, 2.24) is 5.32 Å². The maximum Gasteiger partial charge on any atom is 0.407 e. The largest absolute Gasteiger partial charge is 0.450 e. The first-order valence-electron chi connectivity index (χ1n) is 3.84. The molecule has 3 N–H and O–H groups in total. The molecule has 0 aromatic heterocycles. The molecular formula is C7H14N2O3. The van der Waals surface area contributed by atoms with Gasteiger partial charge in [-0.1, -0.05) is 6.92 Å². The van der Waals surface area contributed by atoms with Gasteiger partial charge in [0.15, 0.2) is 0 Å². The lowest BCUT2D eigenvalue weighted by Crippen LogP contribution is -2.44. The zero-order valence-electron chi connectivity index (χ0n) is 7.29. The molecule has 5 heteroatoms. The van der Waals surface area contributed by atoms with Crippen molar-refractivity contribution in [2.24, 2.45) is 5.73 Å². The molecule has 70 valence electrons. The summed E-state index contributed by atoms with van der Waals surface area (Å²) in [7, 11) is 0. The first-order chi connectivity index (χ1) is 5.61. The van der Waals surface area contributed by atoms with Crippen LogP contribution in [0.5, 0.6) is 0 Å². The topological polar surface area (TPSA) is 81.4 Å². The number of carbonyl (C=O) groups excluding carboxylic acids is 2. The standard InChI is InChI=1S/C7H14N2O3/c1-3-5(6(8)10)9-7(11)12-4-2/h5H,3-4H2,1-2H3,(H2,8,10)(H,9,11). The summed E-state index contributed by atoms with van der Waals surface area (Å²) in [6.07, 6.45) is -0.142. The lowest BCUT2D eigenvalue weighted by molar-refractivity contribution is -0.120. The Morgan fingerprint density at radius 2 is 2.08 bits per heavy atom. The van der Waals surface area contributed by atoms with E-state index in [1.165, 1.54) is 0 Å². The van der Waals surface area contributed by atoms with Gasteiger partial charge in [-0.15, -0.1) is 0 Å². The smallest absolute Gasteiger partial charge is 0.407 e. The predicted octanol–water partition coefficient (Wildman–Crippen LogP) is -0.00360. The van der Waals surface area contributed by atoms with Crippen LogP contribution in [0.25, 0.3) is 0 Å². The number of hydrogen-bond donors (Lipinski definition) is 2. The van der Waals surface area contributed by atoms with E-state index < -0.39 is 18.0 Å². The van der Waals surface area contributed by atoms with Gasteiger partial charge < -0.3 is 15.8 Å². The third-order valence-corrected chi connectivity index (χ3v) is 1.32. The van der Waals surface area contributed by atoms with Crippen molar-refractivity contribution in [3.05, 3.63) is 0 Å². The molecule has 0 saturated carbocycles. The number of ether oxygens (including phenoxy) is 1. The summed E-state index contributed by atoms with van der Waals surface area (Å²) in [5, 5.41) is 2.33. The van der Waals surface area contributed by atoms with Gasteiger partial charge >= 0.3 is 6.09 Å². The molecule has 0 aliphatic carbocycles. The number of alkyl carbamates (subject to hydrolysis) is 1. The van der Waals surface area contributed by atoms with Crippen molar-refractivity contribution in [3.63, 3.8) is 0 Å². The Kier molecular flexibility index (Phi) is 4.83. The Morgan fingerprint density at radius 1 is 1.50 bits per heavy atom. The van der Waals surface area contributed by atoms with Gasteiger partial charge in [0.25, 0.3) is 0 Å². The molecule has 0 fully saturated rings. The molecule has 1 atom stereocenters. The maximum absolute atomic E-state index is 10.8. The number of amides is 2. The minimum absolute atomic E-state index is 0.279. The van der Waals surface area contributed by atoms with E-state index in [1.807, 2.05) is 0 Å². The summed E-state index contributed by atoms with van der Waals surface area (Å²) in [5.41, 5.74) is 4.98. The number of nitrogens with one attached hydrogen (secondary N) is 1. The van der Waals surface area contributed by atoms with Gasteiger partial charge in [-0.2, -0.15) is 0 Å². The van der Waals surface area contributed by atoms with Crippen LogP contribution in [0.15, 0.2) is 0 Å². The predicted molar refractivity (Wildman–Crippen MR) is 43.4 cm³/mol. The molecule has 1 unspecified atom stereocenters. The second-order valence-corrected chi connectivity index (χ2v) is 2.23. The van der Waals surface area contributed by atoms with Gasteiger partial charge in [0.1, 0.15) is 6.04 Å². The van der Waals surface area contributed by atoms with Crippen LogP contribution < -0.4 is 11.1 Å².